The van der Waals surface area contributed by atoms with Gasteiger partial charge < -0.3 is 19.4 Å². The lowest BCUT2D eigenvalue weighted by atomic mass is 10.1. The highest BCUT2D eigenvalue weighted by Gasteiger charge is 2.30. The molecule has 1 fully saturated rings. The highest BCUT2D eigenvalue weighted by molar-refractivity contribution is 5.92. The van der Waals surface area contributed by atoms with E-state index in [-0.39, 0.29) is 24.4 Å². The highest BCUT2D eigenvalue weighted by Crippen LogP contribution is 2.24. The molecule has 7 heteroatoms. The minimum atomic E-state index is -0.0993. The first-order chi connectivity index (χ1) is 10.8. The molecule has 6 nitrogen and oxygen atoms in total. The highest BCUT2D eigenvalue weighted by atomic mass is 35.5. The van der Waals surface area contributed by atoms with E-state index < -0.39 is 0 Å². The maximum absolute atomic E-state index is 12.7. The maximum Gasteiger partial charge on any atom is 0.290 e. The molecule has 1 aliphatic rings. The summed E-state index contributed by atoms with van der Waals surface area (Å²) in [6, 6.07) is 7.32. The van der Waals surface area contributed by atoms with Crippen LogP contribution in [0.25, 0.3) is 0 Å². The van der Waals surface area contributed by atoms with E-state index >= 15 is 0 Å². The van der Waals surface area contributed by atoms with E-state index in [0.717, 1.165) is 12.1 Å². The van der Waals surface area contributed by atoms with Crippen LogP contribution in [0.2, 0.25) is 0 Å². The molecule has 1 atom stereocenters. The Kier molecular flexibility index (Phi) is 6.15. The number of hydrogen-bond donors (Lipinski definition) is 1. The number of furan rings is 1. The van der Waals surface area contributed by atoms with Crippen molar-refractivity contribution in [3.63, 3.8) is 0 Å². The number of nitrogens with zero attached hydrogens (tertiary/aromatic N) is 2. The van der Waals surface area contributed by atoms with Crippen LogP contribution in [0.1, 0.15) is 27.9 Å². The Morgan fingerprint density at radius 1 is 1.48 bits per heavy atom. The summed E-state index contributed by atoms with van der Waals surface area (Å²) in [5, 5.41) is 3.32. The van der Waals surface area contributed by atoms with Crippen molar-refractivity contribution in [3.05, 3.63) is 53.7 Å². The Morgan fingerprint density at radius 2 is 2.35 bits per heavy atom. The lowest BCUT2D eigenvalue weighted by molar-refractivity contribution is 0.0594. The third-order valence-electron chi connectivity index (χ3n) is 3.73. The number of carbonyl (C=O) groups is 1. The molecule has 0 aliphatic carbocycles. The molecule has 1 N–H and O–H groups in total. The largest absolute Gasteiger partial charge is 0.453 e. The van der Waals surface area contributed by atoms with E-state index in [1.165, 1.54) is 0 Å². The number of pyridine rings is 1. The molecule has 3 heterocycles. The van der Waals surface area contributed by atoms with Crippen LogP contribution >= 0.6 is 12.4 Å². The van der Waals surface area contributed by atoms with Gasteiger partial charge in [0.2, 0.25) is 0 Å². The number of methoxy groups -OCH3 is 1. The zero-order chi connectivity index (χ0) is 15.4. The topological polar surface area (TPSA) is 67.6 Å². The number of halogens is 1. The van der Waals surface area contributed by atoms with Crippen molar-refractivity contribution in [2.75, 3.05) is 26.7 Å². The van der Waals surface area contributed by atoms with Gasteiger partial charge in [0, 0.05) is 39.1 Å². The summed E-state index contributed by atoms with van der Waals surface area (Å²) in [7, 11) is 1.60. The predicted molar refractivity (Wildman–Crippen MR) is 87.6 cm³/mol. The van der Waals surface area contributed by atoms with Crippen molar-refractivity contribution in [1.82, 2.24) is 15.2 Å². The zero-order valence-corrected chi connectivity index (χ0v) is 13.7. The molecule has 124 valence electrons. The lowest BCUT2D eigenvalue weighted by Gasteiger charge is -2.35. The Balaban J connectivity index is 0.00000192. The second-order valence-electron chi connectivity index (χ2n) is 5.20. The monoisotopic (exact) mass is 337 g/mol. The number of hydrogen-bond acceptors (Lipinski definition) is 5. The van der Waals surface area contributed by atoms with Gasteiger partial charge in [-0.3, -0.25) is 9.78 Å². The fraction of sp³-hybridized carbons (Fsp3) is 0.375. The fourth-order valence-corrected chi connectivity index (χ4v) is 2.67. The zero-order valence-electron chi connectivity index (χ0n) is 12.9. The van der Waals surface area contributed by atoms with Gasteiger partial charge in [-0.2, -0.15) is 0 Å². The number of aromatic nitrogens is 1. The molecule has 2 aromatic rings. The average molecular weight is 338 g/mol. The van der Waals surface area contributed by atoms with Crippen molar-refractivity contribution in [2.24, 2.45) is 0 Å². The van der Waals surface area contributed by atoms with Crippen LogP contribution in [-0.2, 0) is 11.3 Å². The van der Waals surface area contributed by atoms with Crippen molar-refractivity contribution >= 4 is 18.3 Å². The van der Waals surface area contributed by atoms with E-state index in [9.17, 15) is 4.79 Å². The lowest BCUT2D eigenvalue weighted by Crippen LogP contribution is -2.48. The molecule has 3 rings (SSSR count). The summed E-state index contributed by atoms with van der Waals surface area (Å²) in [5.41, 5.74) is 1.02. The van der Waals surface area contributed by atoms with Crippen molar-refractivity contribution < 1.29 is 13.9 Å². The van der Waals surface area contributed by atoms with Gasteiger partial charge in [0.15, 0.2) is 5.76 Å². The van der Waals surface area contributed by atoms with Crippen LogP contribution in [0, 0.1) is 0 Å². The van der Waals surface area contributed by atoms with Crippen LogP contribution < -0.4 is 5.32 Å². The molecule has 0 saturated carbocycles. The van der Waals surface area contributed by atoms with Gasteiger partial charge in [0.1, 0.15) is 12.4 Å². The summed E-state index contributed by atoms with van der Waals surface area (Å²) < 4.78 is 10.6. The molecule has 23 heavy (non-hydrogen) atoms. The third kappa shape index (κ3) is 3.90. The molecule has 1 aliphatic heterocycles. The van der Waals surface area contributed by atoms with Gasteiger partial charge in [-0.25, -0.2) is 0 Å². The minimum Gasteiger partial charge on any atom is -0.453 e. The summed E-state index contributed by atoms with van der Waals surface area (Å²) in [4.78, 5) is 18.7. The van der Waals surface area contributed by atoms with Crippen LogP contribution in [0.15, 0.2) is 41.1 Å². The van der Waals surface area contributed by atoms with Crippen LogP contribution in [0.5, 0.6) is 0 Å². The second-order valence-corrected chi connectivity index (χ2v) is 5.20. The summed E-state index contributed by atoms with van der Waals surface area (Å²) in [6.07, 6.45) is 3.53. The van der Waals surface area contributed by atoms with Crippen LogP contribution in [0.3, 0.4) is 0 Å². The van der Waals surface area contributed by atoms with Gasteiger partial charge in [-0.15, -0.1) is 12.4 Å². The third-order valence-corrected chi connectivity index (χ3v) is 3.73. The minimum absolute atomic E-state index is 0. The normalized spacial score (nSPS) is 17.6. The first-order valence-corrected chi connectivity index (χ1v) is 7.29. The quantitative estimate of drug-likeness (QED) is 0.924. The molecule has 2 aromatic heterocycles. The number of nitrogens with one attached hydrogen (secondary N) is 1. The van der Waals surface area contributed by atoms with Gasteiger partial charge in [0.05, 0.1) is 6.04 Å². The van der Waals surface area contributed by atoms with Crippen LogP contribution in [0.4, 0.5) is 0 Å². The molecular formula is C16H20ClN3O3. The summed E-state index contributed by atoms with van der Waals surface area (Å²) in [5.74, 6) is 0.902. The van der Waals surface area contributed by atoms with E-state index in [4.69, 9.17) is 9.15 Å². The number of rotatable bonds is 4. The molecule has 1 amide bonds. The molecule has 1 unspecified atom stereocenters. The van der Waals surface area contributed by atoms with E-state index in [1.807, 2.05) is 17.0 Å². The Bertz CT molecular complexity index is 633. The number of piperazine rings is 1. The predicted octanol–water partition coefficient (Wildman–Crippen LogP) is 2.03. The molecular weight excluding hydrogens is 318 g/mol. The van der Waals surface area contributed by atoms with Gasteiger partial charge in [-0.05, 0) is 23.8 Å². The first kappa shape index (κ1) is 17.5. The molecule has 0 bridgehead atoms. The van der Waals surface area contributed by atoms with E-state index in [2.05, 4.69) is 10.3 Å². The van der Waals surface area contributed by atoms with Gasteiger partial charge in [0.25, 0.3) is 5.91 Å². The average Bonchev–Trinajstić information content (AvgIpc) is 3.04. The van der Waals surface area contributed by atoms with Crippen molar-refractivity contribution in [1.29, 1.82) is 0 Å². The number of ether oxygens (including phenoxy) is 1. The first-order valence-electron chi connectivity index (χ1n) is 7.29. The Hall–Kier alpha value is -1.89. The van der Waals surface area contributed by atoms with E-state index in [0.29, 0.717) is 31.2 Å². The Morgan fingerprint density at radius 3 is 3.09 bits per heavy atom. The molecule has 1 saturated heterocycles. The molecule has 0 aromatic carbocycles. The Labute approximate surface area is 141 Å². The van der Waals surface area contributed by atoms with Gasteiger partial charge >= 0.3 is 0 Å². The van der Waals surface area contributed by atoms with Crippen molar-refractivity contribution in [3.8, 4) is 0 Å². The standard InChI is InChI=1S/C16H19N3O3.ClH/c1-21-11-13-4-5-15(22-13)16(20)19-8-7-18-10-14(19)12-3-2-6-17-9-12;/h2-6,9,14,18H,7-8,10-11H2,1H3;1H. The summed E-state index contributed by atoms with van der Waals surface area (Å²) >= 11 is 0. The smallest absolute Gasteiger partial charge is 0.290 e. The number of amides is 1. The van der Waals surface area contributed by atoms with Crippen molar-refractivity contribution in [2.45, 2.75) is 12.6 Å². The fourth-order valence-electron chi connectivity index (χ4n) is 2.67. The molecule has 0 spiro atoms. The molecule has 0 radical (unpaired) electrons. The van der Waals surface area contributed by atoms with E-state index in [1.54, 1.807) is 31.6 Å². The summed E-state index contributed by atoms with van der Waals surface area (Å²) in [6.45, 7) is 2.48. The van der Waals surface area contributed by atoms with Gasteiger partial charge in [-0.1, -0.05) is 6.07 Å². The maximum atomic E-state index is 12.7. The second kappa shape index (κ2) is 8.10. The SMILES string of the molecule is COCc1ccc(C(=O)N2CCNCC2c2cccnc2)o1.Cl. The number of carbonyl (C=O) groups excluding carboxylic acids is 1. The van der Waals surface area contributed by atoms with Crippen LogP contribution in [-0.4, -0.2) is 42.5 Å².